The third-order valence-corrected chi connectivity index (χ3v) is 2.67. The van der Waals surface area contributed by atoms with Gasteiger partial charge >= 0.3 is 0 Å². The summed E-state index contributed by atoms with van der Waals surface area (Å²) in [6, 6.07) is 10.8. The number of nitrogens with one attached hydrogen (secondary N) is 1. The molecule has 4 heteroatoms. The van der Waals surface area contributed by atoms with Crippen LogP contribution in [0.4, 0.5) is 14.5 Å². The summed E-state index contributed by atoms with van der Waals surface area (Å²) in [5.41, 5.74) is 1.04. The van der Waals surface area contributed by atoms with Gasteiger partial charge in [-0.1, -0.05) is 18.2 Å². The molecule has 2 aromatic rings. The van der Waals surface area contributed by atoms with Crippen molar-refractivity contribution in [1.82, 2.24) is 0 Å². The van der Waals surface area contributed by atoms with E-state index in [0.29, 0.717) is 13.2 Å². The van der Waals surface area contributed by atoms with E-state index in [0.717, 1.165) is 29.5 Å². The summed E-state index contributed by atoms with van der Waals surface area (Å²) >= 11 is 0. The fraction of sp³-hybridized carbons (Fsp3) is 0.200. The Balaban J connectivity index is 2.12. The molecule has 1 N–H and O–H groups in total. The predicted molar refractivity (Wildman–Crippen MR) is 71.3 cm³/mol. The number of ether oxygens (including phenoxy) is 1. The molecule has 0 radical (unpaired) electrons. The molecule has 0 saturated heterocycles. The van der Waals surface area contributed by atoms with E-state index >= 15 is 0 Å². The minimum absolute atomic E-state index is 0.145. The van der Waals surface area contributed by atoms with E-state index < -0.39 is 11.6 Å². The lowest BCUT2D eigenvalue weighted by atomic mass is 10.2. The van der Waals surface area contributed by atoms with Crippen molar-refractivity contribution in [1.29, 1.82) is 0 Å². The van der Waals surface area contributed by atoms with E-state index in [9.17, 15) is 8.78 Å². The lowest BCUT2D eigenvalue weighted by molar-refractivity contribution is 0.337. The van der Waals surface area contributed by atoms with Gasteiger partial charge in [-0.05, 0) is 31.2 Å². The molecule has 2 rings (SSSR count). The van der Waals surface area contributed by atoms with Crippen LogP contribution in [0, 0.1) is 11.6 Å². The molecule has 0 amide bonds. The maximum atomic E-state index is 13.5. The van der Waals surface area contributed by atoms with E-state index in [-0.39, 0.29) is 5.69 Å². The Labute approximate surface area is 111 Å². The number of anilines is 1. The lowest BCUT2D eigenvalue weighted by Crippen LogP contribution is -2.04. The van der Waals surface area contributed by atoms with Gasteiger partial charge < -0.3 is 10.1 Å². The van der Waals surface area contributed by atoms with Crippen LogP contribution in [0.2, 0.25) is 0 Å². The molecule has 0 aliphatic rings. The maximum Gasteiger partial charge on any atom is 0.146 e. The van der Waals surface area contributed by atoms with Crippen LogP contribution < -0.4 is 10.1 Å². The molecule has 19 heavy (non-hydrogen) atoms. The van der Waals surface area contributed by atoms with Gasteiger partial charge in [0.15, 0.2) is 0 Å². The van der Waals surface area contributed by atoms with Gasteiger partial charge in [-0.25, -0.2) is 8.78 Å². The van der Waals surface area contributed by atoms with Crippen LogP contribution in [0.3, 0.4) is 0 Å². The quantitative estimate of drug-likeness (QED) is 0.881. The van der Waals surface area contributed by atoms with Crippen molar-refractivity contribution in [2.45, 2.75) is 13.5 Å². The highest BCUT2D eigenvalue weighted by Gasteiger charge is 2.06. The number of hydrogen-bond acceptors (Lipinski definition) is 2. The molecular weight excluding hydrogens is 248 g/mol. The minimum atomic E-state index is -0.477. The second-order valence-corrected chi connectivity index (χ2v) is 4.02. The van der Waals surface area contributed by atoms with Crippen molar-refractivity contribution in [2.75, 3.05) is 11.9 Å². The smallest absolute Gasteiger partial charge is 0.146 e. The summed E-state index contributed by atoms with van der Waals surface area (Å²) in [6.07, 6.45) is 0. The predicted octanol–water partition coefficient (Wildman–Crippen LogP) is 3.98. The van der Waals surface area contributed by atoms with Crippen molar-refractivity contribution in [3.8, 4) is 5.75 Å². The molecule has 0 atom stereocenters. The fourth-order valence-corrected chi connectivity index (χ4v) is 1.77. The first-order valence-corrected chi connectivity index (χ1v) is 6.10. The summed E-state index contributed by atoms with van der Waals surface area (Å²) < 4.78 is 32.0. The molecular formula is C15H15F2NO. The monoisotopic (exact) mass is 263 g/mol. The van der Waals surface area contributed by atoms with Crippen LogP contribution >= 0.6 is 0 Å². The van der Waals surface area contributed by atoms with Crippen LogP contribution in [-0.4, -0.2) is 6.61 Å². The average molecular weight is 263 g/mol. The fourth-order valence-electron chi connectivity index (χ4n) is 1.77. The van der Waals surface area contributed by atoms with Gasteiger partial charge in [0, 0.05) is 12.1 Å². The molecule has 2 nitrogen and oxygen atoms in total. The van der Waals surface area contributed by atoms with Gasteiger partial charge in [0.05, 0.1) is 12.3 Å². The number of rotatable bonds is 5. The molecule has 0 bridgehead atoms. The van der Waals surface area contributed by atoms with E-state index in [2.05, 4.69) is 5.32 Å². The van der Waals surface area contributed by atoms with Crippen molar-refractivity contribution in [3.05, 3.63) is 59.7 Å². The Morgan fingerprint density at radius 1 is 1.11 bits per heavy atom. The zero-order valence-electron chi connectivity index (χ0n) is 10.6. The van der Waals surface area contributed by atoms with Gasteiger partial charge in [-0.2, -0.15) is 0 Å². The molecule has 0 unspecified atom stereocenters. The Bertz CT molecular complexity index is 558. The zero-order valence-corrected chi connectivity index (χ0v) is 10.6. The molecule has 0 saturated carbocycles. The molecule has 0 spiro atoms. The molecule has 0 aliphatic heterocycles. The average Bonchev–Trinajstić information content (AvgIpc) is 2.42. The van der Waals surface area contributed by atoms with Gasteiger partial charge in [-0.3, -0.25) is 0 Å². The summed E-state index contributed by atoms with van der Waals surface area (Å²) in [7, 11) is 0. The lowest BCUT2D eigenvalue weighted by Gasteiger charge is -2.12. The van der Waals surface area contributed by atoms with Gasteiger partial charge in [-0.15, -0.1) is 0 Å². The van der Waals surface area contributed by atoms with E-state index in [1.165, 1.54) is 0 Å². The Kier molecular flexibility index (Phi) is 4.34. The largest absolute Gasteiger partial charge is 0.494 e. The van der Waals surface area contributed by atoms with Gasteiger partial charge in [0.25, 0.3) is 0 Å². The van der Waals surface area contributed by atoms with Crippen LogP contribution in [0.15, 0.2) is 42.5 Å². The highest BCUT2D eigenvalue weighted by atomic mass is 19.1. The van der Waals surface area contributed by atoms with Crippen molar-refractivity contribution in [3.63, 3.8) is 0 Å². The third-order valence-electron chi connectivity index (χ3n) is 2.67. The van der Waals surface area contributed by atoms with Crippen LogP contribution in [0.5, 0.6) is 5.75 Å². The van der Waals surface area contributed by atoms with Crippen molar-refractivity contribution in [2.24, 2.45) is 0 Å². The minimum Gasteiger partial charge on any atom is -0.494 e. The summed E-state index contributed by atoms with van der Waals surface area (Å²) in [5, 5.41) is 2.87. The van der Waals surface area contributed by atoms with Crippen molar-refractivity contribution < 1.29 is 13.5 Å². The molecule has 0 fully saturated rings. The Morgan fingerprint density at radius 3 is 2.68 bits per heavy atom. The second-order valence-electron chi connectivity index (χ2n) is 4.02. The molecule has 0 aliphatic carbocycles. The molecule has 0 aromatic heterocycles. The molecule has 0 heterocycles. The van der Waals surface area contributed by atoms with Crippen molar-refractivity contribution >= 4 is 5.69 Å². The zero-order chi connectivity index (χ0) is 13.7. The number of benzene rings is 2. The van der Waals surface area contributed by atoms with Crippen LogP contribution in [0.1, 0.15) is 12.5 Å². The first kappa shape index (κ1) is 13.3. The standard InChI is InChI=1S/C15H15F2NO/c1-2-19-15-6-4-3-5-11(15)10-18-14-9-12(16)7-8-13(14)17/h3-9,18H,2,10H2,1H3. The maximum absolute atomic E-state index is 13.5. The number of halogens is 2. The second kappa shape index (κ2) is 6.18. The van der Waals surface area contributed by atoms with E-state index in [4.69, 9.17) is 4.74 Å². The van der Waals surface area contributed by atoms with Gasteiger partial charge in [0.1, 0.15) is 17.4 Å². The first-order valence-electron chi connectivity index (χ1n) is 6.10. The van der Waals surface area contributed by atoms with E-state index in [1.807, 2.05) is 31.2 Å². The highest BCUT2D eigenvalue weighted by Crippen LogP contribution is 2.21. The third kappa shape index (κ3) is 3.44. The summed E-state index contributed by atoms with van der Waals surface area (Å²) in [5.74, 6) is -0.202. The normalized spacial score (nSPS) is 10.3. The van der Waals surface area contributed by atoms with Crippen LogP contribution in [-0.2, 0) is 6.54 Å². The number of hydrogen-bond donors (Lipinski definition) is 1. The van der Waals surface area contributed by atoms with E-state index in [1.54, 1.807) is 0 Å². The topological polar surface area (TPSA) is 21.3 Å². The summed E-state index contributed by atoms with van der Waals surface area (Å²) in [4.78, 5) is 0. The van der Waals surface area contributed by atoms with Gasteiger partial charge in [0.2, 0.25) is 0 Å². The highest BCUT2D eigenvalue weighted by molar-refractivity contribution is 5.46. The SMILES string of the molecule is CCOc1ccccc1CNc1cc(F)ccc1F. The molecule has 2 aromatic carbocycles. The summed E-state index contributed by atoms with van der Waals surface area (Å²) in [6.45, 7) is 2.83. The Morgan fingerprint density at radius 2 is 1.89 bits per heavy atom. The number of para-hydroxylation sites is 1. The molecule has 100 valence electrons. The Hall–Kier alpha value is -2.10. The first-order chi connectivity index (χ1) is 9.20. The van der Waals surface area contributed by atoms with Crippen LogP contribution in [0.25, 0.3) is 0 Å².